The standard InChI is InChI=1S/C31H33Cl2NOS/c1-4-18-31(3)20-28(23-10-9-11-25(33)19-23)29(22-14-16-24(32)17-15-22)34(30(31)35)26(5-2)21-36-27-12-7-6-8-13-27/h4,6-17,19,26,28-29H,1,5,18,20-21H2,2-3H3/t26-,28?,29+,31-/m0/s1. The number of rotatable bonds is 9. The minimum absolute atomic E-state index is 0.0644. The predicted molar refractivity (Wildman–Crippen MR) is 154 cm³/mol. The Kier molecular flexibility index (Phi) is 8.87. The highest BCUT2D eigenvalue weighted by Crippen LogP contribution is 2.52. The number of nitrogens with zero attached hydrogens (tertiary/aromatic N) is 1. The van der Waals surface area contributed by atoms with E-state index in [0.717, 1.165) is 29.7 Å². The lowest BCUT2D eigenvalue weighted by Crippen LogP contribution is -2.56. The van der Waals surface area contributed by atoms with Gasteiger partial charge in [0.15, 0.2) is 0 Å². The molecule has 1 unspecified atom stereocenters. The highest BCUT2D eigenvalue weighted by molar-refractivity contribution is 7.99. The second kappa shape index (κ2) is 11.9. The fourth-order valence-corrected chi connectivity index (χ4v) is 6.85. The summed E-state index contributed by atoms with van der Waals surface area (Å²) in [4.78, 5) is 17.8. The van der Waals surface area contributed by atoms with Gasteiger partial charge in [-0.1, -0.05) is 85.6 Å². The first-order valence-corrected chi connectivity index (χ1v) is 14.2. The number of allylic oxidation sites excluding steroid dienone is 1. The maximum atomic E-state index is 14.4. The van der Waals surface area contributed by atoms with Gasteiger partial charge >= 0.3 is 0 Å². The summed E-state index contributed by atoms with van der Waals surface area (Å²) < 4.78 is 0. The molecule has 1 amide bonds. The van der Waals surface area contributed by atoms with Gasteiger partial charge in [0, 0.05) is 32.7 Å². The van der Waals surface area contributed by atoms with Crippen LogP contribution >= 0.6 is 35.0 Å². The van der Waals surface area contributed by atoms with Gasteiger partial charge in [-0.05, 0) is 66.8 Å². The van der Waals surface area contributed by atoms with Gasteiger partial charge in [-0.3, -0.25) is 4.79 Å². The van der Waals surface area contributed by atoms with Crippen molar-refractivity contribution in [1.82, 2.24) is 4.90 Å². The first-order valence-electron chi connectivity index (χ1n) is 12.5. The van der Waals surface area contributed by atoms with Crippen molar-refractivity contribution in [2.24, 2.45) is 5.41 Å². The molecule has 1 aliphatic heterocycles. The number of carbonyl (C=O) groups is 1. The summed E-state index contributed by atoms with van der Waals surface area (Å²) in [5.74, 6) is 1.10. The zero-order chi connectivity index (χ0) is 25.7. The molecule has 4 atom stereocenters. The summed E-state index contributed by atoms with van der Waals surface area (Å²) in [6.07, 6.45) is 4.11. The molecule has 2 nitrogen and oxygen atoms in total. The van der Waals surface area contributed by atoms with E-state index >= 15 is 0 Å². The van der Waals surface area contributed by atoms with E-state index in [0.29, 0.717) is 16.5 Å². The smallest absolute Gasteiger partial charge is 0.229 e. The lowest BCUT2D eigenvalue weighted by Gasteiger charge is -2.52. The topological polar surface area (TPSA) is 20.3 Å². The summed E-state index contributed by atoms with van der Waals surface area (Å²) in [6, 6.07) is 26.4. The SMILES string of the molecule is C=CC[C@@]1(C)CC(c2cccc(Cl)c2)[C@@H](c2ccc(Cl)cc2)N([C@@H](CC)CSc2ccccc2)C1=O. The quantitative estimate of drug-likeness (QED) is 0.200. The van der Waals surface area contributed by atoms with Crippen LogP contribution in [-0.4, -0.2) is 22.6 Å². The number of thioether (sulfide) groups is 1. The summed E-state index contributed by atoms with van der Waals surface area (Å²) in [5, 5.41) is 1.40. The number of hydrogen-bond acceptors (Lipinski definition) is 2. The van der Waals surface area contributed by atoms with E-state index in [1.54, 1.807) is 11.8 Å². The Morgan fingerprint density at radius 2 is 1.75 bits per heavy atom. The molecule has 0 spiro atoms. The summed E-state index contributed by atoms with van der Waals surface area (Å²) in [7, 11) is 0. The lowest BCUT2D eigenvalue weighted by atomic mass is 9.67. The maximum Gasteiger partial charge on any atom is 0.229 e. The third-order valence-electron chi connectivity index (χ3n) is 7.24. The van der Waals surface area contributed by atoms with Crippen molar-refractivity contribution in [2.45, 2.75) is 56.0 Å². The van der Waals surface area contributed by atoms with Gasteiger partial charge < -0.3 is 4.90 Å². The Bertz CT molecular complexity index is 1180. The largest absolute Gasteiger partial charge is 0.331 e. The molecule has 0 aromatic heterocycles. The molecule has 4 rings (SSSR count). The molecule has 0 N–H and O–H groups in total. The molecule has 3 aromatic rings. The van der Waals surface area contributed by atoms with Crippen molar-refractivity contribution in [1.29, 1.82) is 0 Å². The van der Waals surface area contributed by atoms with Gasteiger partial charge in [-0.2, -0.15) is 0 Å². The molecule has 1 heterocycles. The number of benzene rings is 3. The van der Waals surface area contributed by atoms with Gasteiger partial charge in [0.25, 0.3) is 0 Å². The minimum atomic E-state index is -0.539. The molecule has 1 saturated heterocycles. The van der Waals surface area contributed by atoms with Gasteiger partial charge in [-0.25, -0.2) is 0 Å². The zero-order valence-electron chi connectivity index (χ0n) is 20.9. The Labute approximate surface area is 229 Å². The van der Waals surface area contributed by atoms with Gasteiger partial charge in [0.2, 0.25) is 5.91 Å². The van der Waals surface area contributed by atoms with Crippen LogP contribution in [0.3, 0.4) is 0 Å². The molecular weight excluding hydrogens is 505 g/mol. The molecule has 1 fully saturated rings. The number of likely N-dealkylation sites (tertiary alicyclic amines) is 1. The van der Waals surface area contributed by atoms with Gasteiger partial charge in [-0.15, -0.1) is 18.3 Å². The third kappa shape index (κ3) is 5.85. The summed E-state index contributed by atoms with van der Waals surface area (Å²) >= 11 is 14.5. The summed E-state index contributed by atoms with van der Waals surface area (Å²) in [6.45, 7) is 8.26. The average molecular weight is 539 g/mol. The van der Waals surface area contributed by atoms with E-state index in [4.69, 9.17) is 23.2 Å². The molecule has 0 radical (unpaired) electrons. The van der Waals surface area contributed by atoms with Crippen molar-refractivity contribution in [2.75, 3.05) is 5.75 Å². The number of amides is 1. The molecule has 188 valence electrons. The van der Waals surface area contributed by atoms with Crippen LogP contribution in [0.15, 0.2) is 96.4 Å². The van der Waals surface area contributed by atoms with E-state index in [1.165, 1.54) is 4.90 Å². The zero-order valence-corrected chi connectivity index (χ0v) is 23.2. The summed E-state index contributed by atoms with van der Waals surface area (Å²) in [5.41, 5.74) is 1.71. The normalized spacial score (nSPS) is 22.9. The van der Waals surface area contributed by atoms with E-state index in [-0.39, 0.29) is 23.9 Å². The van der Waals surface area contributed by atoms with Crippen LogP contribution < -0.4 is 0 Å². The van der Waals surface area contributed by atoms with E-state index in [1.807, 2.05) is 36.4 Å². The van der Waals surface area contributed by atoms with Gasteiger partial charge in [0.1, 0.15) is 0 Å². The van der Waals surface area contributed by atoms with E-state index in [9.17, 15) is 4.79 Å². The molecule has 1 aliphatic rings. The van der Waals surface area contributed by atoms with Crippen LogP contribution in [0, 0.1) is 5.41 Å². The minimum Gasteiger partial charge on any atom is -0.331 e. The second-order valence-electron chi connectivity index (χ2n) is 9.81. The van der Waals surface area contributed by atoms with Crippen LogP contribution in [0.2, 0.25) is 10.0 Å². The Morgan fingerprint density at radius 3 is 2.39 bits per heavy atom. The average Bonchev–Trinajstić information content (AvgIpc) is 2.88. The maximum absolute atomic E-state index is 14.4. The number of hydrogen-bond donors (Lipinski definition) is 0. The van der Waals surface area contributed by atoms with Crippen LogP contribution in [0.5, 0.6) is 0 Å². The predicted octanol–water partition coefficient (Wildman–Crippen LogP) is 9.20. The highest BCUT2D eigenvalue weighted by atomic mass is 35.5. The van der Waals surface area contributed by atoms with Crippen LogP contribution in [-0.2, 0) is 4.79 Å². The highest BCUT2D eigenvalue weighted by Gasteiger charge is 2.50. The molecule has 3 aromatic carbocycles. The monoisotopic (exact) mass is 537 g/mol. The van der Waals surface area contributed by atoms with E-state index in [2.05, 4.69) is 73.9 Å². The molecule has 0 aliphatic carbocycles. The van der Waals surface area contributed by atoms with Crippen LogP contribution in [0.25, 0.3) is 0 Å². The Hall–Kier alpha value is -2.20. The number of piperidine rings is 1. The Morgan fingerprint density at radius 1 is 1.03 bits per heavy atom. The second-order valence-corrected chi connectivity index (χ2v) is 11.8. The molecule has 0 saturated carbocycles. The molecular formula is C31H33Cl2NOS. The lowest BCUT2D eigenvalue weighted by molar-refractivity contribution is -0.153. The number of halogens is 2. The molecule has 36 heavy (non-hydrogen) atoms. The molecule has 5 heteroatoms. The Balaban J connectivity index is 1.82. The third-order valence-corrected chi connectivity index (χ3v) is 8.88. The number of carbonyl (C=O) groups excluding carboxylic acids is 1. The van der Waals surface area contributed by atoms with Crippen molar-refractivity contribution in [3.8, 4) is 0 Å². The van der Waals surface area contributed by atoms with Crippen molar-refractivity contribution < 1.29 is 4.79 Å². The van der Waals surface area contributed by atoms with Crippen molar-refractivity contribution in [3.63, 3.8) is 0 Å². The van der Waals surface area contributed by atoms with Crippen molar-refractivity contribution >= 4 is 40.9 Å². The van der Waals surface area contributed by atoms with Gasteiger partial charge in [0.05, 0.1) is 11.5 Å². The fourth-order valence-electron chi connectivity index (χ4n) is 5.39. The fraction of sp³-hybridized carbons (Fsp3) is 0.323. The van der Waals surface area contributed by atoms with E-state index < -0.39 is 5.41 Å². The first kappa shape index (κ1) is 26.9. The van der Waals surface area contributed by atoms with Crippen LogP contribution in [0.4, 0.5) is 0 Å². The van der Waals surface area contributed by atoms with Crippen LogP contribution in [0.1, 0.15) is 56.2 Å². The van der Waals surface area contributed by atoms with Crippen molar-refractivity contribution in [3.05, 3.63) is 113 Å². The first-order chi connectivity index (χ1) is 17.4. The molecule has 0 bridgehead atoms.